The molecule has 0 bridgehead atoms. The molecule has 0 N–H and O–H groups in total. The summed E-state index contributed by atoms with van der Waals surface area (Å²) in [5.41, 5.74) is 0.905. The van der Waals surface area contributed by atoms with Gasteiger partial charge in [0.25, 0.3) is 5.91 Å². The van der Waals surface area contributed by atoms with Crippen molar-refractivity contribution in [2.45, 2.75) is 26.0 Å². The van der Waals surface area contributed by atoms with Crippen LogP contribution in [0.3, 0.4) is 0 Å². The van der Waals surface area contributed by atoms with Gasteiger partial charge in [0.15, 0.2) is 6.10 Å². The number of carbonyl (C=O) groups is 1. The quantitative estimate of drug-likeness (QED) is 0.772. The number of ether oxygens (including phenoxy) is 1. The first kappa shape index (κ1) is 17.8. The van der Waals surface area contributed by atoms with Crippen molar-refractivity contribution in [1.29, 1.82) is 5.26 Å². The number of halogens is 1. The van der Waals surface area contributed by atoms with Crippen LogP contribution in [0.5, 0.6) is 5.75 Å². The summed E-state index contributed by atoms with van der Waals surface area (Å²) in [5, 5.41) is 9.42. The van der Waals surface area contributed by atoms with Crippen LogP contribution in [0.1, 0.15) is 18.9 Å². The summed E-state index contributed by atoms with van der Waals surface area (Å²) in [6.07, 6.45) is 2.98. The summed E-state index contributed by atoms with van der Waals surface area (Å²) < 4.78 is 5.68. The number of rotatable bonds is 7. The maximum absolute atomic E-state index is 12.7. The number of pyridine rings is 1. The third-order valence-corrected chi connectivity index (χ3v) is 3.63. The lowest BCUT2D eigenvalue weighted by Crippen LogP contribution is -2.40. The molecule has 2 rings (SSSR count). The van der Waals surface area contributed by atoms with Gasteiger partial charge >= 0.3 is 0 Å². The molecule has 0 aliphatic heterocycles. The Kier molecular flexibility index (Phi) is 6.59. The van der Waals surface area contributed by atoms with Crippen LogP contribution in [0, 0.1) is 11.3 Å². The van der Waals surface area contributed by atoms with Crippen LogP contribution in [0.2, 0.25) is 5.02 Å². The molecule has 0 radical (unpaired) electrons. The molecular weight excluding hydrogens is 326 g/mol. The molecule has 0 saturated carbocycles. The maximum atomic E-state index is 12.7. The molecule has 1 aromatic carbocycles. The van der Waals surface area contributed by atoms with E-state index in [1.54, 1.807) is 48.5 Å². The van der Waals surface area contributed by atoms with Crippen LogP contribution in [-0.2, 0) is 11.3 Å². The Morgan fingerprint density at radius 1 is 1.38 bits per heavy atom. The standard InChI is InChI=1S/C18H18ClN3O2/c1-14(24-17-7-5-16(19)6-8-17)18(23)22(11-3-9-20)13-15-4-2-10-21-12-15/h2,4-8,10,12,14H,3,11,13H2,1H3. The number of nitrogens with zero attached hydrogens (tertiary/aromatic N) is 3. The highest BCUT2D eigenvalue weighted by Gasteiger charge is 2.22. The second-order valence-corrected chi connectivity index (χ2v) is 5.68. The fourth-order valence-corrected chi connectivity index (χ4v) is 2.31. The molecule has 0 spiro atoms. The van der Waals surface area contributed by atoms with Gasteiger partial charge in [-0.05, 0) is 42.8 Å². The number of carbonyl (C=O) groups excluding carboxylic acids is 1. The second kappa shape index (κ2) is 8.90. The van der Waals surface area contributed by atoms with Crippen LogP contribution >= 0.6 is 11.6 Å². The summed E-state index contributed by atoms with van der Waals surface area (Å²) in [6, 6.07) is 12.6. The van der Waals surface area contributed by atoms with Gasteiger partial charge in [-0.1, -0.05) is 17.7 Å². The van der Waals surface area contributed by atoms with E-state index in [2.05, 4.69) is 11.1 Å². The van der Waals surface area contributed by atoms with Gasteiger partial charge in [-0.2, -0.15) is 5.26 Å². The molecule has 1 aromatic heterocycles. The third kappa shape index (κ3) is 5.25. The normalized spacial score (nSPS) is 11.4. The van der Waals surface area contributed by atoms with Crippen LogP contribution in [0.15, 0.2) is 48.8 Å². The second-order valence-electron chi connectivity index (χ2n) is 5.24. The Bertz CT molecular complexity index is 698. The molecule has 0 fully saturated rings. The Labute approximate surface area is 146 Å². The molecule has 1 unspecified atom stereocenters. The molecule has 5 nitrogen and oxygen atoms in total. The molecule has 6 heteroatoms. The van der Waals surface area contributed by atoms with Gasteiger partial charge in [0.1, 0.15) is 5.75 Å². The van der Waals surface area contributed by atoms with E-state index < -0.39 is 6.10 Å². The van der Waals surface area contributed by atoms with Gasteiger partial charge < -0.3 is 9.64 Å². The number of hydrogen-bond acceptors (Lipinski definition) is 4. The number of amides is 1. The third-order valence-electron chi connectivity index (χ3n) is 3.38. The zero-order valence-electron chi connectivity index (χ0n) is 13.4. The first-order chi connectivity index (χ1) is 11.6. The SMILES string of the molecule is CC(Oc1ccc(Cl)cc1)C(=O)N(CCC#N)Cc1cccnc1. The largest absolute Gasteiger partial charge is 0.481 e. The maximum Gasteiger partial charge on any atom is 0.263 e. The van der Waals surface area contributed by atoms with Crippen molar-refractivity contribution in [2.75, 3.05) is 6.54 Å². The Balaban J connectivity index is 2.05. The van der Waals surface area contributed by atoms with Crippen molar-refractivity contribution in [1.82, 2.24) is 9.88 Å². The monoisotopic (exact) mass is 343 g/mol. The number of hydrogen-bond donors (Lipinski definition) is 0. The highest BCUT2D eigenvalue weighted by Crippen LogP contribution is 2.18. The van der Waals surface area contributed by atoms with E-state index in [1.165, 1.54) is 0 Å². The fraction of sp³-hybridized carbons (Fsp3) is 0.278. The fourth-order valence-electron chi connectivity index (χ4n) is 2.19. The summed E-state index contributed by atoms with van der Waals surface area (Å²) in [4.78, 5) is 18.3. The van der Waals surface area contributed by atoms with Gasteiger partial charge in [0, 0.05) is 30.5 Å². The van der Waals surface area contributed by atoms with Crippen LogP contribution < -0.4 is 4.74 Å². The average Bonchev–Trinajstić information content (AvgIpc) is 2.60. The molecule has 24 heavy (non-hydrogen) atoms. The van der Waals surface area contributed by atoms with E-state index in [-0.39, 0.29) is 12.3 Å². The Morgan fingerprint density at radius 3 is 2.75 bits per heavy atom. The van der Waals surface area contributed by atoms with Crippen molar-refractivity contribution >= 4 is 17.5 Å². The highest BCUT2D eigenvalue weighted by atomic mass is 35.5. The van der Waals surface area contributed by atoms with Gasteiger partial charge in [0.05, 0.1) is 12.5 Å². The van der Waals surface area contributed by atoms with Crippen molar-refractivity contribution < 1.29 is 9.53 Å². The summed E-state index contributed by atoms with van der Waals surface area (Å²) >= 11 is 5.84. The van der Waals surface area contributed by atoms with E-state index in [0.717, 1.165) is 5.56 Å². The molecule has 0 aliphatic rings. The lowest BCUT2D eigenvalue weighted by atomic mass is 10.2. The zero-order valence-corrected chi connectivity index (χ0v) is 14.1. The lowest BCUT2D eigenvalue weighted by Gasteiger charge is -2.25. The van der Waals surface area contributed by atoms with Gasteiger partial charge in [-0.15, -0.1) is 0 Å². The topological polar surface area (TPSA) is 66.2 Å². The van der Waals surface area contributed by atoms with E-state index in [9.17, 15) is 4.79 Å². The first-order valence-electron chi connectivity index (χ1n) is 7.57. The molecule has 124 valence electrons. The van der Waals surface area contributed by atoms with E-state index >= 15 is 0 Å². The molecule has 2 aromatic rings. The molecule has 1 atom stereocenters. The minimum Gasteiger partial charge on any atom is -0.481 e. The van der Waals surface area contributed by atoms with Crippen LogP contribution in [-0.4, -0.2) is 28.4 Å². The minimum absolute atomic E-state index is 0.177. The predicted octanol–water partition coefficient (Wildman–Crippen LogP) is 3.44. The van der Waals surface area contributed by atoms with Crippen molar-refractivity contribution in [3.05, 3.63) is 59.4 Å². The Morgan fingerprint density at radius 2 is 2.12 bits per heavy atom. The summed E-state index contributed by atoms with van der Waals surface area (Å²) in [5.74, 6) is 0.394. The van der Waals surface area contributed by atoms with Crippen molar-refractivity contribution in [3.63, 3.8) is 0 Å². The average molecular weight is 344 g/mol. The van der Waals surface area contributed by atoms with Gasteiger partial charge in [-0.25, -0.2) is 0 Å². The minimum atomic E-state index is -0.665. The summed E-state index contributed by atoms with van der Waals surface area (Å²) in [7, 11) is 0. The van der Waals surface area contributed by atoms with Crippen molar-refractivity contribution in [2.24, 2.45) is 0 Å². The molecule has 1 amide bonds. The summed E-state index contributed by atoms with van der Waals surface area (Å²) in [6.45, 7) is 2.43. The predicted molar refractivity (Wildman–Crippen MR) is 91.4 cm³/mol. The number of nitriles is 1. The van der Waals surface area contributed by atoms with E-state index in [4.69, 9.17) is 21.6 Å². The van der Waals surface area contributed by atoms with Crippen LogP contribution in [0.25, 0.3) is 0 Å². The number of aromatic nitrogens is 1. The van der Waals surface area contributed by atoms with E-state index in [0.29, 0.717) is 23.9 Å². The molecule has 0 aliphatic carbocycles. The Hall–Kier alpha value is -2.58. The van der Waals surface area contributed by atoms with Crippen LogP contribution in [0.4, 0.5) is 0 Å². The smallest absolute Gasteiger partial charge is 0.263 e. The highest BCUT2D eigenvalue weighted by molar-refractivity contribution is 6.30. The lowest BCUT2D eigenvalue weighted by molar-refractivity contribution is -0.138. The van der Waals surface area contributed by atoms with E-state index in [1.807, 2.05) is 12.1 Å². The van der Waals surface area contributed by atoms with Gasteiger partial charge in [-0.3, -0.25) is 9.78 Å². The van der Waals surface area contributed by atoms with Crippen molar-refractivity contribution in [3.8, 4) is 11.8 Å². The molecule has 0 saturated heterocycles. The molecule has 1 heterocycles. The number of benzene rings is 1. The molecular formula is C18H18ClN3O2. The zero-order chi connectivity index (χ0) is 17.4. The first-order valence-corrected chi connectivity index (χ1v) is 7.95. The van der Waals surface area contributed by atoms with Gasteiger partial charge in [0.2, 0.25) is 0 Å².